The molecule has 0 saturated carbocycles. The van der Waals surface area contributed by atoms with E-state index in [-0.39, 0.29) is 11.5 Å². The molecule has 26 heavy (non-hydrogen) atoms. The van der Waals surface area contributed by atoms with Gasteiger partial charge < -0.3 is 9.84 Å². The van der Waals surface area contributed by atoms with Gasteiger partial charge in [0.1, 0.15) is 18.4 Å². The van der Waals surface area contributed by atoms with Crippen LogP contribution in [0.15, 0.2) is 54.7 Å². The predicted molar refractivity (Wildman–Crippen MR) is 94.7 cm³/mol. The van der Waals surface area contributed by atoms with Crippen molar-refractivity contribution in [2.45, 2.75) is 13.5 Å². The lowest BCUT2D eigenvalue weighted by Gasteiger charge is -2.10. The Labute approximate surface area is 150 Å². The number of carboxylic acid groups (broad SMARTS) is 1. The molecular formula is C20H15N3O3. The van der Waals surface area contributed by atoms with E-state index in [1.807, 2.05) is 31.2 Å². The van der Waals surface area contributed by atoms with Crippen molar-refractivity contribution in [3.8, 4) is 23.2 Å². The molecule has 0 aliphatic heterocycles. The Morgan fingerprint density at radius 1 is 1.23 bits per heavy atom. The van der Waals surface area contributed by atoms with E-state index in [1.54, 1.807) is 18.2 Å². The number of ether oxygens (including phenoxy) is 1. The summed E-state index contributed by atoms with van der Waals surface area (Å²) in [5.74, 6) is -0.439. The number of carbonyl (C=O) groups is 1. The standard InChI is InChI=1S/C20H15N3O3/c1-13-3-2-4-14(9-13)12-26-18-6-5-15(10-16(18)11-21)19-22-8-7-17(23-19)20(24)25/h2-10H,12H2,1H3,(H,24,25). The molecule has 0 aliphatic carbocycles. The van der Waals surface area contributed by atoms with Gasteiger partial charge in [-0.25, -0.2) is 14.8 Å². The molecule has 0 amide bonds. The molecule has 0 fully saturated rings. The van der Waals surface area contributed by atoms with Crippen LogP contribution in [0.5, 0.6) is 5.75 Å². The van der Waals surface area contributed by atoms with Gasteiger partial charge in [0.15, 0.2) is 11.5 Å². The Hall–Kier alpha value is -3.72. The number of nitriles is 1. The maximum Gasteiger partial charge on any atom is 0.354 e. The summed E-state index contributed by atoms with van der Waals surface area (Å²) < 4.78 is 5.76. The first-order chi connectivity index (χ1) is 12.6. The monoisotopic (exact) mass is 345 g/mol. The van der Waals surface area contributed by atoms with Crippen molar-refractivity contribution < 1.29 is 14.6 Å². The third-order valence-electron chi connectivity index (χ3n) is 3.71. The van der Waals surface area contributed by atoms with Crippen LogP contribution < -0.4 is 4.74 Å². The summed E-state index contributed by atoms with van der Waals surface area (Å²) in [5.41, 5.74) is 2.92. The van der Waals surface area contributed by atoms with Gasteiger partial charge in [0.2, 0.25) is 0 Å². The van der Waals surface area contributed by atoms with Crippen molar-refractivity contribution in [2.75, 3.05) is 0 Å². The van der Waals surface area contributed by atoms with Gasteiger partial charge in [-0.1, -0.05) is 29.8 Å². The molecular weight excluding hydrogens is 330 g/mol. The lowest BCUT2D eigenvalue weighted by molar-refractivity contribution is 0.0690. The van der Waals surface area contributed by atoms with Crippen molar-refractivity contribution >= 4 is 5.97 Å². The molecule has 6 nitrogen and oxygen atoms in total. The van der Waals surface area contributed by atoms with Crippen molar-refractivity contribution in [2.24, 2.45) is 0 Å². The number of carboxylic acids is 1. The molecule has 1 N–H and O–H groups in total. The molecule has 0 aliphatic rings. The van der Waals surface area contributed by atoms with E-state index in [0.717, 1.165) is 11.1 Å². The number of nitrogens with zero attached hydrogens (tertiary/aromatic N) is 3. The third kappa shape index (κ3) is 3.84. The summed E-state index contributed by atoms with van der Waals surface area (Å²) in [6, 6.07) is 16.3. The summed E-state index contributed by atoms with van der Waals surface area (Å²) >= 11 is 0. The number of hydrogen-bond acceptors (Lipinski definition) is 5. The summed E-state index contributed by atoms with van der Waals surface area (Å²) in [7, 11) is 0. The minimum atomic E-state index is -1.13. The van der Waals surface area contributed by atoms with Crippen LogP contribution in [0, 0.1) is 18.3 Å². The highest BCUT2D eigenvalue weighted by Crippen LogP contribution is 2.25. The molecule has 1 aromatic heterocycles. The highest BCUT2D eigenvalue weighted by atomic mass is 16.5. The molecule has 1 heterocycles. The Bertz CT molecular complexity index is 1010. The van der Waals surface area contributed by atoms with Gasteiger partial charge in [-0.15, -0.1) is 0 Å². The Morgan fingerprint density at radius 2 is 2.08 bits per heavy atom. The number of aromatic carboxylic acids is 1. The minimum absolute atomic E-state index is 0.103. The normalized spacial score (nSPS) is 10.2. The second kappa shape index (κ2) is 7.45. The quantitative estimate of drug-likeness (QED) is 0.759. The smallest absolute Gasteiger partial charge is 0.354 e. The van der Waals surface area contributed by atoms with Gasteiger partial charge in [0, 0.05) is 11.8 Å². The summed E-state index contributed by atoms with van der Waals surface area (Å²) in [6.07, 6.45) is 1.37. The topological polar surface area (TPSA) is 96.1 Å². The number of hydrogen-bond donors (Lipinski definition) is 1. The molecule has 0 atom stereocenters. The zero-order valence-corrected chi connectivity index (χ0v) is 14.0. The number of aromatic nitrogens is 2. The van der Waals surface area contributed by atoms with Crippen LogP contribution in [0.1, 0.15) is 27.2 Å². The molecule has 128 valence electrons. The first kappa shape index (κ1) is 17.1. The van der Waals surface area contributed by atoms with Crippen LogP contribution in [0.4, 0.5) is 0 Å². The fraction of sp³-hybridized carbons (Fsp3) is 0.100. The van der Waals surface area contributed by atoms with Gasteiger partial charge in [-0.3, -0.25) is 0 Å². The molecule has 3 aromatic rings. The lowest BCUT2D eigenvalue weighted by Crippen LogP contribution is -2.02. The molecule has 0 radical (unpaired) electrons. The zero-order valence-electron chi connectivity index (χ0n) is 14.0. The fourth-order valence-electron chi connectivity index (χ4n) is 2.46. The molecule has 3 rings (SSSR count). The molecule has 0 saturated heterocycles. The summed E-state index contributed by atoms with van der Waals surface area (Å²) in [4.78, 5) is 19.1. The van der Waals surface area contributed by atoms with Crippen molar-refractivity contribution in [1.29, 1.82) is 5.26 Å². The maximum atomic E-state index is 11.0. The average molecular weight is 345 g/mol. The molecule has 0 bridgehead atoms. The average Bonchev–Trinajstić information content (AvgIpc) is 2.66. The first-order valence-electron chi connectivity index (χ1n) is 7.86. The van der Waals surface area contributed by atoms with E-state index < -0.39 is 5.97 Å². The zero-order chi connectivity index (χ0) is 18.5. The lowest BCUT2D eigenvalue weighted by atomic mass is 10.1. The van der Waals surface area contributed by atoms with Gasteiger partial charge in [-0.05, 0) is 36.8 Å². The van der Waals surface area contributed by atoms with Gasteiger partial charge in [0.25, 0.3) is 0 Å². The second-order valence-electron chi connectivity index (χ2n) is 5.67. The van der Waals surface area contributed by atoms with E-state index >= 15 is 0 Å². The maximum absolute atomic E-state index is 11.0. The van der Waals surface area contributed by atoms with Gasteiger partial charge >= 0.3 is 5.97 Å². The fourth-order valence-corrected chi connectivity index (χ4v) is 2.46. The van der Waals surface area contributed by atoms with Gasteiger partial charge in [-0.2, -0.15) is 5.26 Å². The second-order valence-corrected chi connectivity index (χ2v) is 5.67. The summed E-state index contributed by atoms with van der Waals surface area (Å²) in [6.45, 7) is 2.35. The number of aryl methyl sites for hydroxylation is 1. The first-order valence-corrected chi connectivity index (χ1v) is 7.86. The predicted octanol–water partition coefficient (Wildman–Crippen LogP) is 3.60. The number of rotatable bonds is 5. The Morgan fingerprint density at radius 3 is 2.81 bits per heavy atom. The van der Waals surface area contributed by atoms with Crippen LogP contribution in [-0.2, 0) is 6.61 Å². The highest BCUT2D eigenvalue weighted by Gasteiger charge is 2.11. The van der Waals surface area contributed by atoms with Crippen LogP contribution in [0.3, 0.4) is 0 Å². The van der Waals surface area contributed by atoms with Crippen molar-refractivity contribution in [1.82, 2.24) is 9.97 Å². The van der Waals surface area contributed by atoms with E-state index in [9.17, 15) is 10.1 Å². The molecule has 0 unspecified atom stereocenters. The Balaban J connectivity index is 1.85. The van der Waals surface area contributed by atoms with Crippen LogP contribution in [0.25, 0.3) is 11.4 Å². The molecule has 2 aromatic carbocycles. The molecule has 0 spiro atoms. The van der Waals surface area contributed by atoms with E-state index in [1.165, 1.54) is 12.3 Å². The third-order valence-corrected chi connectivity index (χ3v) is 3.71. The van der Waals surface area contributed by atoms with Crippen molar-refractivity contribution in [3.63, 3.8) is 0 Å². The largest absolute Gasteiger partial charge is 0.488 e. The van der Waals surface area contributed by atoms with Crippen LogP contribution in [0.2, 0.25) is 0 Å². The SMILES string of the molecule is Cc1cccc(COc2ccc(-c3nccc(C(=O)O)n3)cc2C#N)c1. The van der Waals surface area contributed by atoms with E-state index in [2.05, 4.69) is 16.0 Å². The minimum Gasteiger partial charge on any atom is -0.488 e. The van der Waals surface area contributed by atoms with E-state index in [4.69, 9.17) is 9.84 Å². The Kier molecular flexibility index (Phi) is 4.90. The van der Waals surface area contributed by atoms with E-state index in [0.29, 0.717) is 23.5 Å². The molecule has 6 heteroatoms. The van der Waals surface area contributed by atoms with Crippen molar-refractivity contribution in [3.05, 3.63) is 77.1 Å². The van der Waals surface area contributed by atoms with Crippen LogP contribution in [-0.4, -0.2) is 21.0 Å². The van der Waals surface area contributed by atoms with Crippen LogP contribution >= 0.6 is 0 Å². The number of benzene rings is 2. The summed E-state index contributed by atoms with van der Waals surface area (Å²) in [5, 5.41) is 18.4. The van der Waals surface area contributed by atoms with Gasteiger partial charge in [0.05, 0.1) is 5.56 Å². The highest BCUT2D eigenvalue weighted by molar-refractivity contribution is 5.85.